The number of carbonyl (C=O) groups excluding carboxylic acids is 2. The Kier molecular flexibility index (Phi) is 8.84. The molecule has 1 aliphatic heterocycles. The minimum atomic E-state index is -4.46. The lowest BCUT2D eigenvalue weighted by Gasteiger charge is -2.30. The number of piperidine rings is 1. The van der Waals surface area contributed by atoms with Crippen LogP contribution in [0.5, 0.6) is 5.75 Å². The van der Waals surface area contributed by atoms with E-state index in [1.54, 1.807) is 24.3 Å². The van der Waals surface area contributed by atoms with Gasteiger partial charge >= 0.3 is 6.18 Å². The van der Waals surface area contributed by atoms with Crippen LogP contribution in [0.15, 0.2) is 36.7 Å². The maximum absolute atomic E-state index is 13.3. The van der Waals surface area contributed by atoms with E-state index < -0.39 is 18.6 Å². The first kappa shape index (κ1) is 28.8. The summed E-state index contributed by atoms with van der Waals surface area (Å²) in [6.07, 6.45) is -2.62. The Balaban J connectivity index is 1.60. The first-order valence-corrected chi connectivity index (χ1v) is 12.8. The minimum Gasteiger partial charge on any atom is -0.495 e. The second-order valence-electron chi connectivity index (χ2n) is 9.58. The van der Waals surface area contributed by atoms with E-state index in [0.29, 0.717) is 22.6 Å². The average Bonchev–Trinajstić information content (AvgIpc) is 3.32. The molecule has 40 heavy (non-hydrogen) atoms. The second kappa shape index (κ2) is 12.3. The molecule has 0 bridgehead atoms. The normalized spacial score (nSPS) is 17.1. The minimum absolute atomic E-state index is 0.0650. The molecule has 1 fully saturated rings. The van der Waals surface area contributed by atoms with Crippen LogP contribution in [0, 0.1) is 17.8 Å². The summed E-state index contributed by atoms with van der Waals surface area (Å²) in [5.41, 5.74) is 1.96. The van der Waals surface area contributed by atoms with Crippen molar-refractivity contribution in [2.24, 2.45) is 5.92 Å². The molecule has 9 nitrogen and oxygen atoms in total. The van der Waals surface area contributed by atoms with Gasteiger partial charge in [-0.3, -0.25) is 9.59 Å². The molecule has 2 atom stereocenters. The average molecular weight is 557 g/mol. The standard InChI is InChI=1S/C28H31F3N6O3/c1-17-14-33-10-8-21(17)36-27(39)20-11-18(12-23-25(20)35-16-37(23)15-28(29,30)31)5-4-9-34-22-7-6-19(26(38)32-2)13-24(22)40-3/h6-7,11-13,16-17,21,33-34H,8-10,14-15H2,1-3H3,(H,32,38)(H,36,39)/t17-,21?/m0/s1. The van der Waals surface area contributed by atoms with Crippen LogP contribution < -0.4 is 26.0 Å². The molecule has 1 aliphatic rings. The first-order chi connectivity index (χ1) is 19.1. The van der Waals surface area contributed by atoms with E-state index in [9.17, 15) is 22.8 Å². The molecule has 3 aromatic rings. The molecule has 2 amide bonds. The SMILES string of the molecule is CNC(=O)c1ccc(NCC#Cc2cc(C(=O)NC3CCNC[C@@H]3C)c3ncn(CC(F)(F)F)c3c2)c(OC)c1. The number of hydrogen-bond acceptors (Lipinski definition) is 6. The molecule has 212 valence electrons. The molecule has 1 unspecified atom stereocenters. The predicted octanol–water partition coefficient (Wildman–Crippen LogP) is 3.16. The van der Waals surface area contributed by atoms with Crippen LogP contribution in [0.4, 0.5) is 18.9 Å². The molecule has 2 heterocycles. The molecule has 1 aromatic heterocycles. The number of carbonyl (C=O) groups is 2. The maximum atomic E-state index is 13.3. The molecule has 0 saturated carbocycles. The van der Waals surface area contributed by atoms with Gasteiger partial charge in [0, 0.05) is 24.2 Å². The van der Waals surface area contributed by atoms with Crippen LogP contribution in [-0.2, 0) is 6.54 Å². The third-order valence-corrected chi connectivity index (χ3v) is 6.71. The van der Waals surface area contributed by atoms with Crippen LogP contribution in [0.3, 0.4) is 0 Å². The number of ether oxygens (including phenoxy) is 1. The maximum Gasteiger partial charge on any atom is 0.406 e. The molecule has 0 radical (unpaired) electrons. The molecule has 1 saturated heterocycles. The molecule has 0 aliphatic carbocycles. The molecule has 0 spiro atoms. The fraction of sp³-hybridized carbons (Fsp3) is 0.393. The number of halogens is 3. The lowest BCUT2D eigenvalue weighted by Crippen LogP contribution is -2.48. The van der Waals surface area contributed by atoms with Gasteiger partial charge in [0.1, 0.15) is 17.8 Å². The van der Waals surface area contributed by atoms with Crippen molar-refractivity contribution < 1.29 is 27.5 Å². The summed E-state index contributed by atoms with van der Waals surface area (Å²) in [4.78, 5) is 29.3. The van der Waals surface area contributed by atoms with Crippen molar-refractivity contribution in [1.29, 1.82) is 0 Å². The van der Waals surface area contributed by atoms with Gasteiger partial charge in [-0.05, 0) is 55.8 Å². The number of nitrogens with one attached hydrogen (secondary N) is 4. The largest absolute Gasteiger partial charge is 0.495 e. The van der Waals surface area contributed by atoms with Crippen molar-refractivity contribution in [2.45, 2.75) is 32.1 Å². The summed E-state index contributed by atoms with van der Waals surface area (Å²) in [6.45, 7) is 2.49. The van der Waals surface area contributed by atoms with E-state index in [0.717, 1.165) is 30.4 Å². The zero-order chi connectivity index (χ0) is 28.9. The number of aromatic nitrogens is 2. The number of rotatable bonds is 7. The third-order valence-electron chi connectivity index (χ3n) is 6.71. The summed E-state index contributed by atoms with van der Waals surface area (Å²) in [7, 11) is 3.02. The lowest BCUT2D eigenvalue weighted by atomic mass is 9.95. The second-order valence-corrected chi connectivity index (χ2v) is 9.58. The van der Waals surface area contributed by atoms with Crippen molar-refractivity contribution in [3.8, 4) is 17.6 Å². The Morgan fingerprint density at radius 1 is 1.23 bits per heavy atom. The highest BCUT2D eigenvalue weighted by atomic mass is 19.4. The van der Waals surface area contributed by atoms with Gasteiger partial charge in [0.15, 0.2) is 0 Å². The number of benzene rings is 2. The monoisotopic (exact) mass is 556 g/mol. The summed E-state index contributed by atoms with van der Waals surface area (Å²) in [5.74, 6) is 5.88. The molecule has 2 aromatic carbocycles. The Bertz CT molecular complexity index is 1460. The van der Waals surface area contributed by atoms with Gasteiger partial charge in [0.2, 0.25) is 0 Å². The van der Waals surface area contributed by atoms with E-state index in [1.165, 1.54) is 20.2 Å². The van der Waals surface area contributed by atoms with Gasteiger partial charge in [0.25, 0.3) is 11.8 Å². The highest BCUT2D eigenvalue weighted by Gasteiger charge is 2.30. The summed E-state index contributed by atoms with van der Waals surface area (Å²) >= 11 is 0. The predicted molar refractivity (Wildman–Crippen MR) is 145 cm³/mol. The van der Waals surface area contributed by atoms with Crippen LogP contribution in [0.2, 0.25) is 0 Å². The van der Waals surface area contributed by atoms with E-state index in [-0.39, 0.29) is 41.0 Å². The molecule has 4 rings (SSSR count). The smallest absolute Gasteiger partial charge is 0.406 e. The highest BCUT2D eigenvalue weighted by Crippen LogP contribution is 2.26. The summed E-state index contributed by atoms with van der Waals surface area (Å²) < 4.78 is 46.0. The van der Waals surface area contributed by atoms with Crippen LogP contribution in [0.25, 0.3) is 11.0 Å². The number of nitrogens with zero attached hydrogens (tertiary/aromatic N) is 2. The number of amides is 2. The Labute approximate surface area is 229 Å². The topological polar surface area (TPSA) is 109 Å². The van der Waals surface area contributed by atoms with Gasteiger partial charge < -0.3 is 30.6 Å². The van der Waals surface area contributed by atoms with Gasteiger partial charge in [-0.1, -0.05) is 18.8 Å². The number of anilines is 1. The van der Waals surface area contributed by atoms with Crippen molar-refractivity contribution in [3.63, 3.8) is 0 Å². The Hall–Kier alpha value is -4.24. The number of fused-ring (bicyclic) bond motifs is 1. The van der Waals surface area contributed by atoms with Crippen molar-refractivity contribution in [2.75, 3.05) is 39.1 Å². The summed E-state index contributed by atoms with van der Waals surface area (Å²) in [5, 5.41) is 12.0. The first-order valence-electron chi connectivity index (χ1n) is 12.8. The Morgan fingerprint density at radius 2 is 2.02 bits per heavy atom. The quantitative estimate of drug-likeness (QED) is 0.333. The third kappa shape index (κ3) is 6.84. The number of imidazole rings is 1. The van der Waals surface area contributed by atoms with Crippen LogP contribution in [-0.4, -0.2) is 67.4 Å². The van der Waals surface area contributed by atoms with E-state index in [4.69, 9.17) is 4.74 Å². The van der Waals surface area contributed by atoms with E-state index in [2.05, 4.69) is 38.1 Å². The van der Waals surface area contributed by atoms with E-state index in [1.807, 2.05) is 6.92 Å². The van der Waals surface area contributed by atoms with E-state index >= 15 is 0 Å². The van der Waals surface area contributed by atoms with Gasteiger partial charge in [0.05, 0.1) is 36.7 Å². The lowest BCUT2D eigenvalue weighted by molar-refractivity contribution is -0.139. The molecular formula is C28H31F3N6O3. The number of alkyl halides is 3. The fourth-order valence-electron chi connectivity index (χ4n) is 4.61. The molecular weight excluding hydrogens is 525 g/mol. The number of methoxy groups -OCH3 is 1. The van der Waals surface area contributed by atoms with Crippen molar-refractivity contribution in [1.82, 2.24) is 25.5 Å². The van der Waals surface area contributed by atoms with Crippen molar-refractivity contribution >= 4 is 28.5 Å². The number of hydrogen-bond donors (Lipinski definition) is 4. The Morgan fingerprint density at radius 3 is 2.73 bits per heavy atom. The fourth-order valence-corrected chi connectivity index (χ4v) is 4.61. The molecule has 4 N–H and O–H groups in total. The molecule has 12 heteroatoms. The zero-order valence-corrected chi connectivity index (χ0v) is 22.4. The van der Waals surface area contributed by atoms with Crippen molar-refractivity contribution in [3.05, 3.63) is 53.3 Å². The van der Waals surface area contributed by atoms with Crippen LogP contribution >= 0.6 is 0 Å². The highest BCUT2D eigenvalue weighted by molar-refractivity contribution is 6.05. The van der Waals surface area contributed by atoms with Gasteiger partial charge in [-0.2, -0.15) is 13.2 Å². The zero-order valence-electron chi connectivity index (χ0n) is 22.4. The summed E-state index contributed by atoms with van der Waals surface area (Å²) in [6, 6.07) is 7.92. The van der Waals surface area contributed by atoms with Crippen LogP contribution in [0.1, 0.15) is 39.6 Å². The van der Waals surface area contributed by atoms with Gasteiger partial charge in [-0.15, -0.1) is 0 Å². The van der Waals surface area contributed by atoms with Gasteiger partial charge in [-0.25, -0.2) is 4.98 Å².